The molecule has 0 unspecified atom stereocenters. The average Bonchev–Trinajstić information content (AvgIpc) is 2.40. The number of hydrogen-bond donors (Lipinski definition) is 2. The van der Waals surface area contributed by atoms with Crippen molar-refractivity contribution in [1.82, 2.24) is 0 Å². The number of rotatable bonds is 4. The summed E-state index contributed by atoms with van der Waals surface area (Å²) in [6.07, 6.45) is 0. The molecule has 5 heteroatoms. The number of ether oxygens (including phenoxy) is 1. The van der Waals surface area contributed by atoms with Gasteiger partial charge in [-0.3, -0.25) is 0 Å². The third-order valence-corrected chi connectivity index (χ3v) is 2.81. The van der Waals surface area contributed by atoms with Gasteiger partial charge in [-0.05, 0) is 47.8 Å². The molecule has 2 aromatic rings. The van der Waals surface area contributed by atoms with E-state index in [0.717, 1.165) is 5.56 Å². The molecule has 0 aliphatic carbocycles. The average molecular weight is 260 g/mol. The Labute approximate surface area is 111 Å². The van der Waals surface area contributed by atoms with Crippen LogP contribution in [0.2, 0.25) is 0 Å². The Bertz CT molecular complexity index is 555. The van der Waals surface area contributed by atoms with E-state index in [1.165, 1.54) is 6.07 Å². The van der Waals surface area contributed by atoms with Crippen LogP contribution in [0.3, 0.4) is 0 Å². The van der Waals surface area contributed by atoms with Crippen LogP contribution in [-0.4, -0.2) is 17.2 Å². The maximum absolute atomic E-state index is 13.1. The van der Waals surface area contributed by atoms with Gasteiger partial charge in [0.1, 0.15) is 18.2 Å². The van der Waals surface area contributed by atoms with Gasteiger partial charge in [0.2, 0.25) is 0 Å². The van der Waals surface area contributed by atoms with Gasteiger partial charge in [-0.1, -0.05) is 18.2 Å². The van der Waals surface area contributed by atoms with Crippen molar-refractivity contribution in [3.63, 3.8) is 0 Å². The quantitative estimate of drug-likeness (QED) is 0.817. The maximum atomic E-state index is 13.1. The molecule has 2 rings (SSSR count). The van der Waals surface area contributed by atoms with Gasteiger partial charge < -0.3 is 14.8 Å². The first-order chi connectivity index (χ1) is 9.06. The van der Waals surface area contributed by atoms with Crippen LogP contribution in [0, 0.1) is 12.7 Å². The Morgan fingerprint density at radius 3 is 2.37 bits per heavy atom. The van der Waals surface area contributed by atoms with Gasteiger partial charge in [0.05, 0.1) is 0 Å². The fraction of sp³-hybridized carbons (Fsp3) is 0.143. The van der Waals surface area contributed by atoms with E-state index in [1.807, 2.05) is 0 Å². The maximum Gasteiger partial charge on any atom is 0.488 e. The van der Waals surface area contributed by atoms with E-state index >= 15 is 0 Å². The minimum absolute atomic E-state index is 0.231. The molecule has 0 atom stereocenters. The minimum atomic E-state index is -1.48. The SMILES string of the molecule is Cc1cc(COc2ccc(B(O)O)cc2)ccc1F. The summed E-state index contributed by atoms with van der Waals surface area (Å²) in [5.74, 6) is 0.386. The molecule has 2 aromatic carbocycles. The minimum Gasteiger partial charge on any atom is -0.489 e. The second-order valence-electron chi connectivity index (χ2n) is 4.31. The van der Waals surface area contributed by atoms with Gasteiger partial charge in [0.25, 0.3) is 0 Å². The van der Waals surface area contributed by atoms with Gasteiger partial charge in [0.15, 0.2) is 0 Å². The van der Waals surface area contributed by atoms with Crippen LogP contribution in [0.5, 0.6) is 5.75 Å². The van der Waals surface area contributed by atoms with E-state index in [2.05, 4.69) is 0 Å². The molecule has 0 saturated carbocycles. The lowest BCUT2D eigenvalue weighted by molar-refractivity contribution is 0.306. The van der Waals surface area contributed by atoms with Crippen LogP contribution >= 0.6 is 0 Å². The monoisotopic (exact) mass is 260 g/mol. The summed E-state index contributed by atoms with van der Waals surface area (Å²) in [7, 11) is -1.48. The van der Waals surface area contributed by atoms with Crippen LogP contribution in [0.1, 0.15) is 11.1 Å². The number of halogens is 1. The molecule has 0 spiro atoms. The van der Waals surface area contributed by atoms with Crippen molar-refractivity contribution in [3.8, 4) is 5.75 Å². The molecule has 2 N–H and O–H groups in total. The van der Waals surface area contributed by atoms with E-state index in [1.54, 1.807) is 43.3 Å². The van der Waals surface area contributed by atoms with Crippen molar-refractivity contribution in [2.75, 3.05) is 0 Å². The second kappa shape index (κ2) is 5.86. The molecule has 0 aromatic heterocycles. The molecule has 98 valence electrons. The predicted molar refractivity (Wildman–Crippen MR) is 71.7 cm³/mol. The van der Waals surface area contributed by atoms with E-state index in [9.17, 15) is 4.39 Å². The molecule has 3 nitrogen and oxygen atoms in total. The molecular weight excluding hydrogens is 246 g/mol. The van der Waals surface area contributed by atoms with Crippen molar-refractivity contribution in [2.45, 2.75) is 13.5 Å². The fourth-order valence-corrected chi connectivity index (χ4v) is 1.70. The van der Waals surface area contributed by atoms with Crippen molar-refractivity contribution >= 4 is 12.6 Å². The predicted octanol–water partition coefficient (Wildman–Crippen LogP) is 1.39. The zero-order valence-electron chi connectivity index (χ0n) is 10.5. The van der Waals surface area contributed by atoms with Crippen molar-refractivity contribution in [2.24, 2.45) is 0 Å². The van der Waals surface area contributed by atoms with Crippen molar-refractivity contribution in [3.05, 3.63) is 59.4 Å². The summed E-state index contributed by atoms with van der Waals surface area (Å²) in [4.78, 5) is 0. The summed E-state index contributed by atoms with van der Waals surface area (Å²) < 4.78 is 18.6. The lowest BCUT2D eigenvalue weighted by Crippen LogP contribution is -2.29. The molecular formula is C14H14BFO3. The summed E-state index contributed by atoms with van der Waals surface area (Å²) in [6.45, 7) is 2.04. The molecule has 0 heterocycles. The molecule has 0 aliphatic rings. The van der Waals surface area contributed by atoms with Crippen molar-refractivity contribution < 1.29 is 19.2 Å². The molecule has 19 heavy (non-hydrogen) atoms. The van der Waals surface area contributed by atoms with Gasteiger partial charge in [-0.2, -0.15) is 0 Å². The van der Waals surface area contributed by atoms with Crippen LogP contribution in [0.4, 0.5) is 4.39 Å². The highest BCUT2D eigenvalue weighted by molar-refractivity contribution is 6.58. The summed E-state index contributed by atoms with van der Waals surface area (Å²) >= 11 is 0. The van der Waals surface area contributed by atoms with E-state index in [-0.39, 0.29) is 5.82 Å². The van der Waals surface area contributed by atoms with Crippen molar-refractivity contribution in [1.29, 1.82) is 0 Å². The highest BCUT2D eigenvalue weighted by Gasteiger charge is 2.09. The molecule has 0 amide bonds. The standard InChI is InChI=1S/C14H14BFO3/c1-10-8-11(2-7-14(10)16)9-19-13-5-3-12(4-6-13)15(17)18/h2-8,17-18H,9H2,1H3. The summed E-state index contributed by atoms with van der Waals surface area (Å²) in [6, 6.07) is 11.3. The summed E-state index contributed by atoms with van der Waals surface area (Å²) in [5.41, 5.74) is 1.87. The fourth-order valence-electron chi connectivity index (χ4n) is 1.70. The van der Waals surface area contributed by atoms with E-state index in [0.29, 0.717) is 23.4 Å². The third-order valence-electron chi connectivity index (χ3n) is 2.81. The molecule has 0 aliphatic heterocycles. The molecule has 0 fully saturated rings. The Hall–Kier alpha value is -1.85. The van der Waals surface area contributed by atoms with Crippen LogP contribution in [0.15, 0.2) is 42.5 Å². The van der Waals surface area contributed by atoms with E-state index in [4.69, 9.17) is 14.8 Å². The Morgan fingerprint density at radius 2 is 1.79 bits per heavy atom. The second-order valence-corrected chi connectivity index (χ2v) is 4.31. The highest BCUT2D eigenvalue weighted by atomic mass is 19.1. The molecule has 0 radical (unpaired) electrons. The van der Waals surface area contributed by atoms with E-state index < -0.39 is 7.12 Å². The zero-order chi connectivity index (χ0) is 13.8. The van der Waals surface area contributed by atoms with Gasteiger partial charge in [-0.25, -0.2) is 4.39 Å². The first-order valence-electron chi connectivity index (χ1n) is 5.90. The van der Waals surface area contributed by atoms with Crippen LogP contribution in [0.25, 0.3) is 0 Å². The van der Waals surface area contributed by atoms with Crippen LogP contribution < -0.4 is 10.2 Å². The lowest BCUT2D eigenvalue weighted by atomic mass is 9.80. The first-order valence-corrected chi connectivity index (χ1v) is 5.90. The Morgan fingerprint density at radius 1 is 1.11 bits per heavy atom. The number of aryl methyl sites for hydroxylation is 1. The Balaban J connectivity index is 2.00. The van der Waals surface area contributed by atoms with Gasteiger partial charge >= 0.3 is 7.12 Å². The normalized spacial score (nSPS) is 10.3. The molecule has 0 saturated heterocycles. The molecule has 0 bridgehead atoms. The van der Waals surface area contributed by atoms with Crippen LogP contribution in [-0.2, 0) is 6.61 Å². The van der Waals surface area contributed by atoms with Gasteiger partial charge in [0, 0.05) is 0 Å². The zero-order valence-corrected chi connectivity index (χ0v) is 10.5. The topological polar surface area (TPSA) is 49.7 Å². The largest absolute Gasteiger partial charge is 0.489 e. The Kier molecular flexibility index (Phi) is 4.19. The number of benzene rings is 2. The van der Waals surface area contributed by atoms with Gasteiger partial charge in [-0.15, -0.1) is 0 Å². The smallest absolute Gasteiger partial charge is 0.488 e. The highest BCUT2D eigenvalue weighted by Crippen LogP contribution is 2.13. The summed E-state index contributed by atoms with van der Waals surface area (Å²) in [5, 5.41) is 17.9. The third kappa shape index (κ3) is 3.56. The number of hydrogen-bond acceptors (Lipinski definition) is 3. The first kappa shape index (κ1) is 13.6. The lowest BCUT2D eigenvalue weighted by Gasteiger charge is -2.08.